The molecular formula is C19H18N2OS. The van der Waals surface area contributed by atoms with E-state index in [4.69, 9.17) is 0 Å². The van der Waals surface area contributed by atoms with Crippen molar-refractivity contribution in [2.75, 3.05) is 11.1 Å². The lowest BCUT2D eigenvalue weighted by Gasteiger charge is -2.07. The van der Waals surface area contributed by atoms with E-state index in [1.165, 1.54) is 22.9 Å². The maximum atomic E-state index is 12.1. The monoisotopic (exact) mass is 322 g/mol. The zero-order valence-corrected chi connectivity index (χ0v) is 14.0. The third-order valence-corrected chi connectivity index (χ3v) is 4.64. The second-order valence-electron chi connectivity index (χ2n) is 5.48. The molecule has 0 aliphatic heterocycles. The number of hydrogen-bond donors (Lipinski definition) is 1. The summed E-state index contributed by atoms with van der Waals surface area (Å²) >= 11 is 1.45. The zero-order chi connectivity index (χ0) is 16.2. The van der Waals surface area contributed by atoms with Crippen molar-refractivity contribution in [3.05, 3.63) is 65.7 Å². The molecule has 0 aliphatic carbocycles. The SMILES string of the molecule is Cc1ccc(NC(=O)CSc2ccc3ccccc3n2)cc1C. The van der Waals surface area contributed by atoms with Gasteiger partial charge in [-0.3, -0.25) is 4.79 Å². The van der Waals surface area contributed by atoms with Crippen molar-refractivity contribution >= 4 is 34.3 Å². The van der Waals surface area contributed by atoms with E-state index in [2.05, 4.69) is 17.2 Å². The minimum absolute atomic E-state index is 0.0202. The number of hydrogen-bond acceptors (Lipinski definition) is 3. The largest absolute Gasteiger partial charge is 0.325 e. The van der Waals surface area contributed by atoms with Crippen molar-refractivity contribution in [2.24, 2.45) is 0 Å². The highest BCUT2D eigenvalue weighted by Crippen LogP contribution is 2.20. The summed E-state index contributed by atoms with van der Waals surface area (Å²) in [4.78, 5) is 16.6. The van der Waals surface area contributed by atoms with E-state index < -0.39 is 0 Å². The van der Waals surface area contributed by atoms with Crippen molar-refractivity contribution in [3.8, 4) is 0 Å². The van der Waals surface area contributed by atoms with Crippen LogP contribution in [0.2, 0.25) is 0 Å². The minimum atomic E-state index is -0.0202. The average Bonchev–Trinajstić information content (AvgIpc) is 2.56. The van der Waals surface area contributed by atoms with Gasteiger partial charge in [-0.2, -0.15) is 0 Å². The lowest BCUT2D eigenvalue weighted by Crippen LogP contribution is -2.14. The van der Waals surface area contributed by atoms with Crippen LogP contribution in [0.15, 0.2) is 59.6 Å². The number of nitrogens with zero attached hydrogens (tertiary/aromatic N) is 1. The zero-order valence-electron chi connectivity index (χ0n) is 13.2. The molecule has 4 heteroatoms. The molecule has 0 aliphatic rings. The van der Waals surface area contributed by atoms with Crippen LogP contribution in [0, 0.1) is 13.8 Å². The van der Waals surface area contributed by atoms with E-state index in [9.17, 15) is 4.79 Å². The Morgan fingerprint density at radius 1 is 1.04 bits per heavy atom. The molecule has 3 nitrogen and oxygen atoms in total. The summed E-state index contributed by atoms with van der Waals surface area (Å²) in [5.74, 6) is 0.325. The molecule has 0 saturated carbocycles. The van der Waals surface area contributed by atoms with Gasteiger partial charge < -0.3 is 5.32 Å². The first-order valence-electron chi connectivity index (χ1n) is 7.47. The van der Waals surface area contributed by atoms with Crippen molar-refractivity contribution in [3.63, 3.8) is 0 Å². The summed E-state index contributed by atoms with van der Waals surface area (Å²) < 4.78 is 0. The van der Waals surface area contributed by atoms with E-state index in [-0.39, 0.29) is 5.91 Å². The van der Waals surface area contributed by atoms with Gasteiger partial charge in [-0.15, -0.1) is 0 Å². The number of fused-ring (bicyclic) bond motifs is 1. The van der Waals surface area contributed by atoms with Crippen LogP contribution in [-0.2, 0) is 4.79 Å². The van der Waals surface area contributed by atoms with Crippen LogP contribution in [0.3, 0.4) is 0 Å². The summed E-state index contributed by atoms with van der Waals surface area (Å²) in [7, 11) is 0. The molecule has 1 amide bonds. The van der Waals surface area contributed by atoms with Gasteiger partial charge in [0.25, 0.3) is 0 Å². The fourth-order valence-corrected chi connectivity index (χ4v) is 2.96. The Kier molecular flexibility index (Phi) is 4.63. The standard InChI is InChI=1S/C19H18N2OS/c1-13-7-9-16(11-14(13)2)20-18(22)12-23-19-10-8-15-5-3-4-6-17(15)21-19/h3-11H,12H2,1-2H3,(H,20,22). The summed E-state index contributed by atoms with van der Waals surface area (Å²) in [5.41, 5.74) is 4.18. The Balaban J connectivity index is 1.62. The molecule has 23 heavy (non-hydrogen) atoms. The van der Waals surface area contributed by atoms with Gasteiger partial charge in [0, 0.05) is 11.1 Å². The quantitative estimate of drug-likeness (QED) is 0.715. The van der Waals surface area contributed by atoms with Crippen LogP contribution in [0.5, 0.6) is 0 Å². The summed E-state index contributed by atoms with van der Waals surface area (Å²) in [6.07, 6.45) is 0. The molecule has 3 rings (SSSR count). The Labute approximate surface area is 140 Å². The number of amides is 1. The van der Waals surface area contributed by atoms with Gasteiger partial charge in [-0.25, -0.2) is 4.98 Å². The van der Waals surface area contributed by atoms with E-state index in [0.717, 1.165) is 21.6 Å². The van der Waals surface area contributed by atoms with Crippen LogP contribution < -0.4 is 5.32 Å². The normalized spacial score (nSPS) is 10.7. The summed E-state index contributed by atoms with van der Waals surface area (Å²) in [5, 5.41) is 4.90. The van der Waals surface area contributed by atoms with Crippen LogP contribution in [0.25, 0.3) is 10.9 Å². The van der Waals surface area contributed by atoms with E-state index >= 15 is 0 Å². The van der Waals surface area contributed by atoms with Crippen LogP contribution in [-0.4, -0.2) is 16.6 Å². The number of rotatable bonds is 4. The van der Waals surface area contributed by atoms with E-state index in [1.54, 1.807) is 0 Å². The van der Waals surface area contributed by atoms with Gasteiger partial charge in [0.2, 0.25) is 5.91 Å². The molecule has 0 saturated heterocycles. The van der Waals surface area contributed by atoms with Crippen molar-refractivity contribution in [1.29, 1.82) is 0 Å². The lowest BCUT2D eigenvalue weighted by molar-refractivity contribution is -0.113. The van der Waals surface area contributed by atoms with Crippen LogP contribution >= 0.6 is 11.8 Å². The number of pyridine rings is 1. The predicted octanol–water partition coefficient (Wildman–Crippen LogP) is 4.58. The molecule has 116 valence electrons. The molecule has 2 aromatic carbocycles. The number of carbonyl (C=O) groups excluding carboxylic acids is 1. The van der Waals surface area contributed by atoms with Gasteiger partial charge in [-0.05, 0) is 49.2 Å². The number of thioether (sulfide) groups is 1. The molecule has 1 aromatic heterocycles. The van der Waals surface area contributed by atoms with Crippen molar-refractivity contribution < 1.29 is 4.79 Å². The first-order valence-corrected chi connectivity index (χ1v) is 8.46. The van der Waals surface area contributed by atoms with Crippen molar-refractivity contribution in [2.45, 2.75) is 18.9 Å². The molecule has 0 radical (unpaired) electrons. The van der Waals surface area contributed by atoms with Gasteiger partial charge in [0.05, 0.1) is 16.3 Å². The predicted molar refractivity (Wildman–Crippen MR) is 97.0 cm³/mol. The highest BCUT2D eigenvalue weighted by Gasteiger charge is 2.06. The van der Waals surface area contributed by atoms with Crippen LogP contribution in [0.4, 0.5) is 5.69 Å². The fraction of sp³-hybridized carbons (Fsp3) is 0.158. The Morgan fingerprint density at radius 2 is 1.87 bits per heavy atom. The van der Waals surface area contributed by atoms with Gasteiger partial charge in [0.1, 0.15) is 0 Å². The maximum absolute atomic E-state index is 12.1. The van der Waals surface area contributed by atoms with Gasteiger partial charge in [0.15, 0.2) is 0 Å². The molecule has 3 aromatic rings. The van der Waals surface area contributed by atoms with Gasteiger partial charge in [-0.1, -0.05) is 42.1 Å². The number of nitrogens with one attached hydrogen (secondary N) is 1. The second kappa shape index (κ2) is 6.84. The molecule has 0 fully saturated rings. The Hall–Kier alpha value is -2.33. The van der Waals surface area contributed by atoms with E-state index in [1.807, 2.05) is 61.5 Å². The first-order chi connectivity index (χ1) is 11.1. The molecule has 0 spiro atoms. The lowest BCUT2D eigenvalue weighted by atomic mass is 10.1. The third kappa shape index (κ3) is 3.90. The van der Waals surface area contributed by atoms with E-state index in [0.29, 0.717) is 5.75 Å². The fourth-order valence-electron chi connectivity index (χ4n) is 2.28. The number of aryl methyl sites for hydroxylation is 2. The van der Waals surface area contributed by atoms with Crippen LogP contribution in [0.1, 0.15) is 11.1 Å². The number of anilines is 1. The Bertz CT molecular complexity index is 861. The topological polar surface area (TPSA) is 42.0 Å². The Morgan fingerprint density at radius 3 is 2.70 bits per heavy atom. The second-order valence-corrected chi connectivity index (χ2v) is 6.47. The highest BCUT2D eigenvalue weighted by atomic mass is 32.2. The number of benzene rings is 2. The van der Waals surface area contributed by atoms with Crippen molar-refractivity contribution in [1.82, 2.24) is 4.98 Å². The van der Waals surface area contributed by atoms with Gasteiger partial charge >= 0.3 is 0 Å². The highest BCUT2D eigenvalue weighted by molar-refractivity contribution is 7.99. The molecule has 0 bridgehead atoms. The third-order valence-electron chi connectivity index (χ3n) is 3.71. The molecule has 0 unspecified atom stereocenters. The number of aromatic nitrogens is 1. The summed E-state index contributed by atoms with van der Waals surface area (Å²) in [6, 6.07) is 17.9. The minimum Gasteiger partial charge on any atom is -0.325 e. The summed E-state index contributed by atoms with van der Waals surface area (Å²) in [6.45, 7) is 4.10. The molecular weight excluding hydrogens is 304 g/mol. The molecule has 1 N–H and O–H groups in total. The molecule has 1 heterocycles. The number of para-hydroxylation sites is 1. The maximum Gasteiger partial charge on any atom is 0.234 e. The average molecular weight is 322 g/mol. The smallest absolute Gasteiger partial charge is 0.234 e. The molecule has 0 atom stereocenters. The first kappa shape index (κ1) is 15.6. The number of carbonyl (C=O) groups is 1.